The van der Waals surface area contributed by atoms with Crippen LogP contribution in [0.2, 0.25) is 0 Å². The molecule has 0 amide bonds. The minimum Gasteiger partial charge on any atom is -0.462 e. The maximum absolute atomic E-state index is 12.3. The lowest BCUT2D eigenvalue weighted by Gasteiger charge is -2.12. The molecule has 1 aromatic rings. The Morgan fingerprint density at radius 2 is 2.04 bits per heavy atom. The van der Waals surface area contributed by atoms with Crippen LogP contribution in [0.15, 0.2) is 17.9 Å². The van der Waals surface area contributed by atoms with Gasteiger partial charge in [0.1, 0.15) is 6.10 Å². The summed E-state index contributed by atoms with van der Waals surface area (Å²) in [5.74, 6) is -0.623. The third-order valence-electron chi connectivity index (χ3n) is 3.78. The molecule has 2 rings (SSSR count). The molecule has 0 aromatic carbocycles. The van der Waals surface area contributed by atoms with E-state index in [0.717, 1.165) is 25.7 Å². The second-order valence-electron chi connectivity index (χ2n) is 5.60. The lowest BCUT2D eigenvalue weighted by atomic mass is 10.2. The summed E-state index contributed by atoms with van der Waals surface area (Å²) >= 11 is 0. The molecule has 126 valence electrons. The molecule has 23 heavy (non-hydrogen) atoms. The van der Waals surface area contributed by atoms with E-state index in [1.54, 1.807) is 6.92 Å². The van der Waals surface area contributed by atoms with E-state index in [-0.39, 0.29) is 36.3 Å². The van der Waals surface area contributed by atoms with Gasteiger partial charge < -0.3 is 9.47 Å². The molecular formula is C16H20F2N2O3. The predicted molar refractivity (Wildman–Crippen MR) is 79.5 cm³/mol. The maximum atomic E-state index is 12.3. The summed E-state index contributed by atoms with van der Waals surface area (Å²) < 4.78 is 35.2. The van der Waals surface area contributed by atoms with Crippen molar-refractivity contribution < 1.29 is 23.0 Å². The Labute approximate surface area is 133 Å². The van der Waals surface area contributed by atoms with Crippen molar-refractivity contribution in [2.75, 3.05) is 6.61 Å². The van der Waals surface area contributed by atoms with Gasteiger partial charge in [0.15, 0.2) is 0 Å². The zero-order valence-electron chi connectivity index (χ0n) is 13.3. The van der Waals surface area contributed by atoms with Crippen LogP contribution < -0.4 is 4.74 Å². The molecule has 1 aliphatic carbocycles. The molecule has 0 unspecified atom stereocenters. The third-order valence-corrected chi connectivity index (χ3v) is 3.78. The van der Waals surface area contributed by atoms with Gasteiger partial charge in [-0.05, 0) is 45.1 Å². The average molecular weight is 326 g/mol. The van der Waals surface area contributed by atoms with Crippen LogP contribution in [0.3, 0.4) is 0 Å². The van der Waals surface area contributed by atoms with Gasteiger partial charge in [0.05, 0.1) is 17.9 Å². The predicted octanol–water partition coefficient (Wildman–Crippen LogP) is 3.82. The number of ether oxygens (including phenoxy) is 2. The summed E-state index contributed by atoms with van der Waals surface area (Å²) in [6, 6.07) is 0.254. The first kappa shape index (κ1) is 17.3. The van der Waals surface area contributed by atoms with Crippen LogP contribution >= 0.6 is 0 Å². The van der Waals surface area contributed by atoms with Gasteiger partial charge in [0.2, 0.25) is 0 Å². The number of aromatic nitrogens is 2. The Bertz CT molecular complexity index is 595. The van der Waals surface area contributed by atoms with E-state index in [1.165, 1.54) is 13.1 Å². The van der Waals surface area contributed by atoms with Crippen molar-refractivity contribution in [1.82, 2.24) is 9.97 Å². The van der Waals surface area contributed by atoms with E-state index in [1.807, 2.05) is 0 Å². The second-order valence-corrected chi connectivity index (χ2v) is 5.60. The van der Waals surface area contributed by atoms with Gasteiger partial charge in [-0.3, -0.25) is 0 Å². The van der Waals surface area contributed by atoms with Crippen molar-refractivity contribution in [2.45, 2.75) is 52.1 Å². The molecule has 1 fully saturated rings. The van der Waals surface area contributed by atoms with E-state index in [0.29, 0.717) is 5.69 Å². The van der Waals surface area contributed by atoms with E-state index in [9.17, 15) is 13.6 Å². The molecule has 1 saturated carbocycles. The SMILES string of the molecule is CC(CCOC(=O)c1cnc(OC2CCCC2)nc1C)=C(F)F. The van der Waals surface area contributed by atoms with E-state index >= 15 is 0 Å². The van der Waals surface area contributed by atoms with Crippen LogP contribution in [-0.4, -0.2) is 28.6 Å². The Balaban J connectivity index is 1.91. The van der Waals surface area contributed by atoms with Crippen LogP contribution in [0, 0.1) is 6.92 Å². The van der Waals surface area contributed by atoms with Gasteiger partial charge in [0.25, 0.3) is 6.08 Å². The molecule has 0 N–H and O–H groups in total. The first-order chi connectivity index (χ1) is 11.0. The van der Waals surface area contributed by atoms with Crippen molar-refractivity contribution in [3.05, 3.63) is 29.1 Å². The normalized spacial score (nSPS) is 14.6. The Morgan fingerprint density at radius 3 is 2.65 bits per heavy atom. The number of esters is 1. The fourth-order valence-electron chi connectivity index (χ4n) is 2.33. The molecule has 0 atom stereocenters. The van der Waals surface area contributed by atoms with Gasteiger partial charge >= 0.3 is 12.0 Å². The summed E-state index contributed by atoms with van der Waals surface area (Å²) in [6.07, 6.45) is 4.01. The van der Waals surface area contributed by atoms with E-state index in [4.69, 9.17) is 9.47 Å². The van der Waals surface area contributed by atoms with Crippen LogP contribution in [-0.2, 0) is 4.74 Å². The Morgan fingerprint density at radius 1 is 1.35 bits per heavy atom. The molecule has 0 spiro atoms. The number of carbonyl (C=O) groups excluding carboxylic acids is 1. The third kappa shape index (κ3) is 4.97. The monoisotopic (exact) mass is 326 g/mol. The van der Waals surface area contributed by atoms with Crippen molar-refractivity contribution >= 4 is 5.97 Å². The standard InChI is InChI=1S/C16H20F2N2O3/c1-10(14(17)18)7-8-22-15(21)13-9-19-16(20-11(13)2)23-12-5-3-4-6-12/h9,12H,3-8H2,1-2H3. The maximum Gasteiger partial charge on any atom is 0.341 e. The quantitative estimate of drug-likeness (QED) is 0.744. The van der Waals surface area contributed by atoms with Crippen LogP contribution in [0.5, 0.6) is 6.01 Å². The zero-order valence-corrected chi connectivity index (χ0v) is 13.3. The molecule has 5 nitrogen and oxygen atoms in total. The fourth-order valence-corrected chi connectivity index (χ4v) is 2.33. The van der Waals surface area contributed by atoms with Crippen LogP contribution in [0.25, 0.3) is 0 Å². The number of halogens is 2. The topological polar surface area (TPSA) is 61.3 Å². The van der Waals surface area contributed by atoms with Gasteiger partial charge in [0, 0.05) is 12.6 Å². The summed E-state index contributed by atoms with van der Waals surface area (Å²) in [4.78, 5) is 20.1. The summed E-state index contributed by atoms with van der Waals surface area (Å²) in [7, 11) is 0. The molecule has 0 saturated heterocycles. The molecular weight excluding hydrogens is 306 g/mol. The molecule has 1 aromatic heterocycles. The summed E-state index contributed by atoms with van der Waals surface area (Å²) in [5.41, 5.74) is 0.569. The number of nitrogens with zero attached hydrogens (tertiary/aromatic N) is 2. The van der Waals surface area contributed by atoms with E-state index in [2.05, 4.69) is 9.97 Å². The van der Waals surface area contributed by atoms with Gasteiger partial charge in [-0.15, -0.1) is 0 Å². The van der Waals surface area contributed by atoms with E-state index < -0.39 is 12.0 Å². The second kappa shape index (κ2) is 7.99. The minimum absolute atomic E-state index is 0.00312. The van der Waals surface area contributed by atoms with Gasteiger partial charge in [-0.1, -0.05) is 0 Å². The lowest BCUT2D eigenvalue weighted by molar-refractivity contribution is 0.0505. The highest BCUT2D eigenvalue weighted by atomic mass is 19.3. The first-order valence-electron chi connectivity index (χ1n) is 7.65. The van der Waals surface area contributed by atoms with Gasteiger partial charge in [-0.2, -0.15) is 13.8 Å². The molecule has 7 heteroatoms. The molecule has 0 radical (unpaired) electrons. The number of rotatable bonds is 6. The highest BCUT2D eigenvalue weighted by Crippen LogP contribution is 2.22. The number of hydrogen-bond donors (Lipinski definition) is 0. The molecule has 0 bridgehead atoms. The summed E-state index contributed by atoms with van der Waals surface area (Å²) in [5, 5.41) is 0. The first-order valence-corrected chi connectivity index (χ1v) is 7.65. The fraction of sp³-hybridized carbons (Fsp3) is 0.562. The van der Waals surface area contributed by atoms with Crippen molar-refractivity contribution in [3.8, 4) is 6.01 Å². The average Bonchev–Trinajstić information content (AvgIpc) is 2.99. The highest BCUT2D eigenvalue weighted by molar-refractivity contribution is 5.90. The molecule has 1 aliphatic rings. The van der Waals surface area contributed by atoms with Crippen molar-refractivity contribution in [2.24, 2.45) is 0 Å². The van der Waals surface area contributed by atoms with Gasteiger partial charge in [-0.25, -0.2) is 9.78 Å². The van der Waals surface area contributed by atoms with Crippen LogP contribution in [0.4, 0.5) is 8.78 Å². The van der Waals surface area contributed by atoms with Crippen molar-refractivity contribution in [1.29, 1.82) is 0 Å². The van der Waals surface area contributed by atoms with Crippen LogP contribution in [0.1, 0.15) is 55.1 Å². The molecule has 0 aliphatic heterocycles. The lowest BCUT2D eigenvalue weighted by Crippen LogP contribution is -2.15. The highest BCUT2D eigenvalue weighted by Gasteiger charge is 2.19. The summed E-state index contributed by atoms with van der Waals surface area (Å²) in [6.45, 7) is 2.85. The molecule has 1 heterocycles. The minimum atomic E-state index is -1.74. The number of carbonyl (C=O) groups is 1. The zero-order chi connectivity index (χ0) is 16.8. The Kier molecular flexibility index (Phi) is 6.01. The smallest absolute Gasteiger partial charge is 0.341 e. The van der Waals surface area contributed by atoms with Crippen molar-refractivity contribution in [3.63, 3.8) is 0 Å². The largest absolute Gasteiger partial charge is 0.462 e. The number of hydrogen-bond acceptors (Lipinski definition) is 5. The number of aryl methyl sites for hydroxylation is 1. The Hall–Kier alpha value is -2.05.